The smallest absolute Gasteiger partial charge is 0.255 e. The van der Waals surface area contributed by atoms with Gasteiger partial charge in [0.25, 0.3) is 5.91 Å². The van der Waals surface area contributed by atoms with Crippen molar-refractivity contribution in [2.75, 3.05) is 23.8 Å². The number of rotatable bonds is 7. The highest BCUT2D eigenvalue weighted by molar-refractivity contribution is 6.05. The van der Waals surface area contributed by atoms with E-state index in [1.807, 2.05) is 60.7 Å². The highest BCUT2D eigenvalue weighted by Gasteiger charge is 2.08. The Labute approximate surface area is 177 Å². The van der Waals surface area contributed by atoms with Gasteiger partial charge in [-0.1, -0.05) is 48.5 Å². The molecule has 4 rings (SSSR count). The van der Waals surface area contributed by atoms with Gasteiger partial charge in [-0.05, 0) is 54.8 Å². The third-order valence-corrected chi connectivity index (χ3v) is 5.22. The van der Waals surface area contributed by atoms with Gasteiger partial charge in [-0.3, -0.25) is 9.78 Å². The first-order valence-corrected chi connectivity index (χ1v) is 10.2. The van der Waals surface area contributed by atoms with E-state index in [-0.39, 0.29) is 5.91 Å². The zero-order chi connectivity index (χ0) is 20.8. The van der Waals surface area contributed by atoms with Crippen LogP contribution >= 0.6 is 0 Å². The largest absolute Gasteiger partial charge is 0.375 e. The van der Waals surface area contributed by atoms with Crippen LogP contribution in [0.4, 0.5) is 11.4 Å². The van der Waals surface area contributed by atoms with Crippen LogP contribution in [0.1, 0.15) is 22.3 Å². The second-order valence-electron chi connectivity index (χ2n) is 7.43. The minimum absolute atomic E-state index is 0.134. The van der Waals surface area contributed by atoms with E-state index < -0.39 is 0 Å². The predicted molar refractivity (Wildman–Crippen MR) is 124 cm³/mol. The van der Waals surface area contributed by atoms with Crippen molar-refractivity contribution in [3.05, 3.63) is 102 Å². The normalized spacial score (nSPS) is 10.7. The summed E-state index contributed by atoms with van der Waals surface area (Å²) in [5.74, 6) is -0.134. The lowest BCUT2D eigenvalue weighted by Crippen LogP contribution is -2.19. The van der Waals surface area contributed by atoms with Gasteiger partial charge >= 0.3 is 0 Å². The maximum Gasteiger partial charge on any atom is 0.255 e. The summed E-state index contributed by atoms with van der Waals surface area (Å²) in [4.78, 5) is 19.2. The van der Waals surface area contributed by atoms with Crippen molar-refractivity contribution in [2.24, 2.45) is 0 Å². The molecule has 150 valence electrons. The van der Waals surface area contributed by atoms with E-state index in [4.69, 9.17) is 0 Å². The number of carbonyl (C=O) groups excluding carboxylic acids is 1. The Morgan fingerprint density at radius 1 is 0.933 bits per heavy atom. The molecule has 0 aliphatic carbocycles. The minimum Gasteiger partial charge on any atom is -0.375 e. The summed E-state index contributed by atoms with van der Waals surface area (Å²) in [5, 5.41) is 3.94. The van der Waals surface area contributed by atoms with Gasteiger partial charge in [-0.25, -0.2) is 0 Å². The highest BCUT2D eigenvalue weighted by atomic mass is 16.1. The van der Waals surface area contributed by atoms with Crippen molar-refractivity contribution in [3.8, 4) is 0 Å². The zero-order valence-electron chi connectivity index (χ0n) is 17.1. The number of anilines is 2. The van der Waals surface area contributed by atoms with Crippen LogP contribution in [-0.4, -0.2) is 24.5 Å². The number of hydrogen-bond acceptors (Lipinski definition) is 3. The zero-order valence-corrected chi connectivity index (χ0v) is 17.1. The Morgan fingerprint density at radius 3 is 2.47 bits per heavy atom. The van der Waals surface area contributed by atoms with Gasteiger partial charge in [0.1, 0.15) is 0 Å². The van der Waals surface area contributed by atoms with Crippen LogP contribution < -0.4 is 10.2 Å². The van der Waals surface area contributed by atoms with Crippen molar-refractivity contribution in [3.63, 3.8) is 0 Å². The van der Waals surface area contributed by atoms with Gasteiger partial charge in [0.05, 0.1) is 17.4 Å². The molecule has 0 fully saturated rings. The van der Waals surface area contributed by atoms with Crippen LogP contribution in [-0.2, 0) is 6.42 Å². The van der Waals surface area contributed by atoms with E-state index in [1.165, 1.54) is 5.56 Å². The maximum absolute atomic E-state index is 12.6. The van der Waals surface area contributed by atoms with Gasteiger partial charge in [-0.15, -0.1) is 0 Å². The molecule has 30 heavy (non-hydrogen) atoms. The Hall–Kier alpha value is -3.66. The lowest BCUT2D eigenvalue weighted by atomic mass is 10.1. The first-order valence-electron chi connectivity index (χ1n) is 10.2. The summed E-state index contributed by atoms with van der Waals surface area (Å²) in [6.45, 7) is 0.962. The summed E-state index contributed by atoms with van der Waals surface area (Å²) in [6.07, 6.45) is 3.83. The summed E-state index contributed by atoms with van der Waals surface area (Å²) < 4.78 is 0. The molecular formula is C26H25N3O. The van der Waals surface area contributed by atoms with Crippen LogP contribution in [0.15, 0.2) is 91.1 Å². The molecule has 0 saturated heterocycles. The molecule has 0 atom stereocenters. The Kier molecular flexibility index (Phi) is 6.04. The van der Waals surface area contributed by atoms with Crippen molar-refractivity contribution in [1.82, 2.24) is 4.98 Å². The van der Waals surface area contributed by atoms with Gasteiger partial charge in [0, 0.05) is 30.2 Å². The Morgan fingerprint density at radius 2 is 1.67 bits per heavy atom. The topological polar surface area (TPSA) is 45.2 Å². The molecule has 0 aliphatic heterocycles. The molecular weight excluding hydrogens is 370 g/mol. The lowest BCUT2D eigenvalue weighted by molar-refractivity contribution is 0.102. The van der Waals surface area contributed by atoms with E-state index in [2.05, 4.69) is 46.5 Å². The number of benzene rings is 3. The number of nitrogens with one attached hydrogen (secondary N) is 1. The SMILES string of the molecule is CN(CCCc1ccccc1)c1ccc(C(=O)Nc2cnc3ccccc3c2)cc1. The Bertz CT molecular complexity index is 1120. The van der Waals surface area contributed by atoms with Gasteiger partial charge in [-0.2, -0.15) is 0 Å². The number of aromatic nitrogens is 1. The maximum atomic E-state index is 12.6. The molecule has 1 N–H and O–H groups in total. The molecule has 3 aromatic carbocycles. The van der Waals surface area contributed by atoms with Crippen LogP contribution in [0.3, 0.4) is 0 Å². The number of amides is 1. The van der Waals surface area contributed by atoms with Gasteiger partial charge < -0.3 is 10.2 Å². The predicted octanol–water partition coefficient (Wildman–Crippen LogP) is 5.56. The standard InChI is InChI=1S/C26H25N3O/c1-29(17-7-10-20-8-3-2-4-9-20)24-15-13-21(14-16-24)26(30)28-23-18-22-11-5-6-12-25(22)27-19-23/h2-6,8-9,11-16,18-19H,7,10,17H2,1H3,(H,28,30). The number of hydrogen-bond donors (Lipinski definition) is 1. The summed E-state index contributed by atoms with van der Waals surface area (Å²) in [5.41, 5.74) is 4.70. The molecule has 0 saturated carbocycles. The number of pyridine rings is 1. The summed E-state index contributed by atoms with van der Waals surface area (Å²) >= 11 is 0. The molecule has 4 nitrogen and oxygen atoms in total. The average Bonchev–Trinajstić information content (AvgIpc) is 2.80. The number of fused-ring (bicyclic) bond motifs is 1. The van der Waals surface area contributed by atoms with Crippen LogP contribution in [0.5, 0.6) is 0 Å². The molecule has 0 aliphatic rings. The average molecular weight is 396 g/mol. The number of carbonyl (C=O) groups is 1. The number of para-hydroxylation sites is 1. The molecule has 4 aromatic rings. The molecule has 4 heteroatoms. The summed E-state index contributed by atoms with van der Waals surface area (Å²) in [7, 11) is 2.08. The van der Waals surface area contributed by atoms with E-state index in [9.17, 15) is 4.79 Å². The fraction of sp³-hybridized carbons (Fsp3) is 0.154. The van der Waals surface area contributed by atoms with Gasteiger partial charge in [0.15, 0.2) is 0 Å². The second kappa shape index (κ2) is 9.23. The molecule has 1 aromatic heterocycles. The van der Waals surface area contributed by atoms with Crippen LogP contribution in [0.2, 0.25) is 0 Å². The monoisotopic (exact) mass is 395 g/mol. The first-order chi connectivity index (χ1) is 14.7. The van der Waals surface area contributed by atoms with E-state index in [0.29, 0.717) is 11.3 Å². The summed E-state index contributed by atoms with van der Waals surface area (Å²) in [6, 6.07) is 28.1. The number of nitrogens with zero attached hydrogens (tertiary/aromatic N) is 2. The van der Waals surface area contributed by atoms with Crippen molar-refractivity contribution < 1.29 is 4.79 Å². The fourth-order valence-electron chi connectivity index (χ4n) is 3.50. The molecule has 1 amide bonds. The molecule has 0 radical (unpaired) electrons. The number of aryl methyl sites for hydroxylation is 1. The van der Waals surface area contributed by atoms with E-state index >= 15 is 0 Å². The fourth-order valence-corrected chi connectivity index (χ4v) is 3.50. The van der Waals surface area contributed by atoms with Gasteiger partial charge in [0.2, 0.25) is 0 Å². The third kappa shape index (κ3) is 4.84. The highest BCUT2D eigenvalue weighted by Crippen LogP contribution is 2.18. The van der Waals surface area contributed by atoms with Crippen molar-refractivity contribution in [2.45, 2.75) is 12.8 Å². The molecule has 0 spiro atoms. The van der Waals surface area contributed by atoms with Crippen LogP contribution in [0, 0.1) is 0 Å². The van der Waals surface area contributed by atoms with Crippen LogP contribution in [0.25, 0.3) is 10.9 Å². The van der Waals surface area contributed by atoms with E-state index in [0.717, 1.165) is 36.0 Å². The van der Waals surface area contributed by atoms with E-state index in [1.54, 1.807) is 6.20 Å². The van der Waals surface area contributed by atoms with Crippen molar-refractivity contribution in [1.29, 1.82) is 0 Å². The quantitative estimate of drug-likeness (QED) is 0.446. The van der Waals surface area contributed by atoms with Crippen molar-refractivity contribution >= 4 is 28.2 Å². The molecule has 0 unspecified atom stereocenters. The second-order valence-corrected chi connectivity index (χ2v) is 7.43. The lowest BCUT2D eigenvalue weighted by Gasteiger charge is -2.19. The third-order valence-electron chi connectivity index (χ3n) is 5.22. The Balaban J connectivity index is 1.34. The first kappa shape index (κ1) is 19.6. The minimum atomic E-state index is -0.134. The molecule has 1 heterocycles. The molecule has 0 bridgehead atoms.